The van der Waals surface area contributed by atoms with Crippen LogP contribution in [0.15, 0.2) is 48.5 Å². The second-order valence-electron chi connectivity index (χ2n) is 7.93. The van der Waals surface area contributed by atoms with E-state index in [9.17, 15) is 31.6 Å². The zero-order valence-electron chi connectivity index (χ0n) is 18.5. The smallest absolute Gasteiger partial charge is 0.324 e. The van der Waals surface area contributed by atoms with Gasteiger partial charge in [0.1, 0.15) is 0 Å². The highest BCUT2D eigenvalue weighted by Gasteiger charge is 2.29. The molecule has 0 atom stereocenters. The van der Waals surface area contributed by atoms with Crippen LogP contribution >= 0.6 is 0 Å². The molecule has 0 bridgehead atoms. The van der Waals surface area contributed by atoms with E-state index in [0.29, 0.717) is 11.3 Å². The van der Waals surface area contributed by atoms with Gasteiger partial charge in [-0.05, 0) is 24.1 Å². The molecular formula is C23H25F2N3O5S. The highest BCUT2D eigenvalue weighted by molar-refractivity contribution is 7.91. The summed E-state index contributed by atoms with van der Waals surface area (Å²) in [4.78, 5) is 39.5. The van der Waals surface area contributed by atoms with Crippen LogP contribution in [0.5, 0.6) is 0 Å². The lowest BCUT2D eigenvalue weighted by atomic mass is 10.1. The number of benzene rings is 2. The van der Waals surface area contributed by atoms with E-state index in [1.807, 2.05) is 24.4 Å². The molecule has 3 rings (SSSR count). The standard InChI is InChI=1S/C23H25F2N3O5S/c1-16-4-2-3-5-19(16)28(23(31)27-10-12-34(32,33)13-11-27)15-17-6-8-18(9-7-17)20(29)14-26-22(30)21(24)25/h2-9,21H,10-15H2,1H3,(H,26,30). The fourth-order valence-electron chi connectivity index (χ4n) is 3.52. The van der Waals surface area contributed by atoms with Gasteiger partial charge in [0.15, 0.2) is 15.6 Å². The number of hydrogen-bond acceptors (Lipinski definition) is 5. The molecule has 2 aromatic carbocycles. The molecule has 1 aliphatic heterocycles. The molecule has 11 heteroatoms. The van der Waals surface area contributed by atoms with Crippen LogP contribution in [-0.2, 0) is 21.2 Å². The molecule has 0 unspecified atom stereocenters. The minimum Gasteiger partial charge on any atom is -0.344 e. The Hall–Kier alpha value is -3.34. The number of urea groups is 1. The Kier molecular flexibility index (Phi) is 7.98. The maximum Gasteiger partial charge on any atom is 0.324 e. The average molecular weight is 494 g/mol. The van der Waals surface area contributed by atoms with Gasteiger partial charge in [0.2, 0.25) is 0 Å². The van der Waals surface area contributed by atoms with Crippen LogP contribution in [0.4, 0.5) is 19.3 Å². The minimum absolute atomic E-state index is 0.0841. The molecule has 0 aromatic heterocycles. The number of aryl methyl sites for hydroxylation is 1. The Labute approximate surface area is 196 Å². The number of rotatable bonds is 7. The Morgan fingerprint density at radius 1 is 1.03 bits per heavy atom. The van der Waals surface area contributed by atoms with Crippen molar-refractivity contribution in [2.45, 2.75) is 19.9 Å². The summed E-state index contributed by atoms with van der Waals surface area (Å²) in [7, 11) is -3.15. The molecule has 0 spiro atoms. The molecule has 0 saturated carbocycles. The highest BCUT2D eigenvalue weighted by atomic mass is 32.2. The monoisotopic (exact) mass is 493 g/mol. The van der Waals surface area contributed by atoms with E-state index in [1.165, 1.54) is 17.0 Å². The highest BCUT2D eigenvalue weighted by Crippen LogP contribution is 2.24. The maximum atomic E-state index is 13.3. The summed E-state index contributed by atoms with van der Waals surface area (Å²) in [5, 5.41) is 1.87. The number of nitrogens with one attached hydrogen (secondary N) is 1. The van der Waals surface area contributed by atoms with Crippen LogP contribution < -0.4 is 10.2 Å². The molecule has 3 amide bonds. The Morgan fingerprint density at radius 3 is 2.24 bits per heavy atom. The van der Waals surface area contributed by atoms with Crippen molar-refractivity contribution >= 4 is 33.2 Å². The molecule has 0 radical (unpaired) electrons. The summed E-state index contributed by atoms with van der Waals surface area (Å²) >= 11 is 0. The summed E-state index contributed by atoms with van der Waals surface area (Å²) in [5.41, 5.74) is 2.47. The number of sulfone groups is 1. The van der Waals surface area contributed by atoms with Crippen molar-refractivity contribution in [2.75, 3.05) is 36.0 Å². The van der Waals surface area contributed by atoms with Gasteiger partial charge in [-0.3, -0.25) is 14.5 Å². The van der Waals surface area contributed by atoms with E-state index in [4.69, 9.17) is 0 Å². The third kappa shape index (κ3) is 6.37. The Balaban J connectivity index is 1.76. The molecule has 2 aromatic rings. The van der Waals surface area contributed by atoms with Crippen molar-refractivity contribution in [1.29, 1.82) is 0 Å². The van der Waals surface area contributed by atoms with Crippen molar-refractivity contribution in [2.24, 2.45) is 0 Å². The van der Waals surface area contributed by atoms with Gasteiger partial charge in [0.05, 0.1) is 24.6 Å². The van der Waals surface area contributed by atoms with Crippen LogP contribution in [0.2, 0.25) is 0 Å². The predicted molar refractivity (Wildman–Crippen MR) is 123 cm³/mol. The third-order valence-corrected chi connectivity index (χ3v) is 7.10. The number of para-hydroxylation sites is 1. The van der Waals surface area contributed by atoms with Gasteiger partial charge in [0.25, 0.3) is 5.91 Å². The fourth-order valence-corrected chi connectivity index (χ4v) is 4.72. The summed E-state index contributed by atoms with van der Waals surface area (Å²) in [6, 6.07) is 13.3. The molecule has 1 N–H and O–H groups in total. The number of hydrogen-bond donors (Lipinski definition) is 1. The second kappa shape index (κ2) is 10.7. The summed E-state index contributed by atoms with van der Waals surface area (Å²) in [6.45, 7) is 1.71. The summed E-state index contributed by atoms with van der Waals surface area (Å²) in [5.74, 6) is -2.21. The second-order valence-corrected chi connectivity index (χ2v) is 10.2. The largest absolute Gasteiger partial charge is 0.344 e. The van der Waals surface area contributed by atoms with Crippen molar-refractivity contribution < 1.29 is 31.6 Å². The van der Waals surface area contributed by atoms with Crippen LogP contribution in [0, 0.1) is 6.92 Å². The van der Waals surface area contributed by atoms with Crippen LogP contribution in [-0.4, -0.2) is 68.6 Å². The zero-order chi connectivity index (χ0) is 24.9. The van der Waals surface area contributed by atoms with E-state index >= 15 is 0 Å². The number of ketones is 1. The number of alkyl halides is 2. The lowest BCUT2D eigenvalue weighted by molar-refractivity contribution is -0.131. The van der Waals surface area contributed by atoms with E-state index < -0.39 is 34.5 Å². The number of carbonyl (C=O) groups is 3. The molecule has 1 fully saturated rings. The number of Topliss-reactive ketones (excluding diaryl/α,β-unsaturated/α-hetero) is 1. The predicted octanol–water partition coefficient (Wildman–Crippen LogP) is 2.42. The van der Waals surface area contributed by atoms with Crippen LogP contribution in [0.3, 0.4) is 0 Å². The SMILES string of the molecule is Cc1ccccc1N(Cc1ccc(C(=O)CNC(=O)C(F)F)cc1)C(=O)N1CCS(=O)(=O)CC1. The summed E-state index contributed by atoms with van der Waals surface area (Å²) in [6.07, 6.45) is -3.19. The molecule has 1 heterocycles. The lowest BCUT2D eigenvalue weighted by Crippen LogP contribution is -2.50. The molecule has 182 valence electrons. The van der Waals surface area contributed by atoms with Crippen molar-refractivity contribution in [3.63, 3.8) is 0 Å². The first-order chi connectivity index (χ1) is 16.1. The molecular weight excluding hydrogens is 468 g/mol. The molecule has 34 heavy (non-hydrogen) atoms. The third-order valence-electron chi connectivity index (χ3n) is 5.49. The van der Waals surface area contributed by atoms with Gasteiger partial charge in [-0.15, -0.1) is 0 Å². The molecule has 1 aliphatic rings. The van der Waals surface area contributed by atoms with Gasteiger partial charge < -0.3 is 10.2 Å². The topological polar surface area (TPSA) is 104 Å². The van der Waals surface area contributed by atoms with Crippen molar-refractivity contribution in [1.82, 2.24) is 10.2 Å². The summed E-state index contributed by atoms with van der Waals surface area (Å²) < 4.78 is 48.1. The Bertz CT molecular complexity index is 1160. The first-order valence-corrected chi connectivity index (χ1v) is 12.4. The van der Waals surface area contributed by atoms with Gasteiger partial charge >= 0.3 is 12.5 Å². The first-order valence-electron chi connectivity index (χ1n) is 10.6. The van der Waals surface area contributed by atoms with E-state index in [0.717, 1.165) is 5.56 Å². The average Bonchev–Trinajstić information content (AvgIpc) is 2.81. The van der Waals surface area contributed by atoms with E-state index in [1.54, 1.807) is 29.2 Å². The maximum absolute atomic E-state index is 13.3. The van der Waals surface area contributed by atoms with Gasteiger partial charge in [-0.25, -0.2) is 13.2 Å². The zero-order valence-corrected chi connectivity index (χ0v) is 19.4. The van der Waals surface area contributed by atoms with Crippen molar-refractivity contribution in [3.8, 4) is 0 Å². The number of carbonyl (C=O) groups excluding carboxylic acids is 3. The fraction of sp³-hybridized carbons (Fsp3) is 0.348. The Morgan fingerprint density at radius 2 is 1.65 bits per heavy atom. The number of halogens is 2. The van der Waals surface area contributed by atoms with Crippen molar-refractivity contribution in [3.05, 3.63) is 65.2 Å². The van der Waals surface area contributed by atoms with Gasteiger partial charge in [0, 0.05) is 24.3 Å². The number of nitrogens with zero attached hydrogens (tertiary/aromatic N) is 2. The van der Waals surface area contributed by atoms with Crippen LogP contribution in [0.25, 0.3) is 0 Å². The quantitative estimate of drug-likeness (QED) is 0.597. The van der Waals surface area contributed by atoms with E-state index in [-0.39, 0.29) is 42.7 Å². The first kappa shape index (κ1) is 25.3. The molecule has 1 saturated heterocycles. The van der Waals surface area contributed by atoms with E-state index in [2.05, 4.69) is 0 Å². The minimum atomic E-state index is -3.19. The number of amides is 3. The normalized spacial score (nSPS) is 15.1. The molecule has 0 aliphatic carbocycles. The number of anilines is 1. The van der Waals surface area contributed by atoms with Gasteiger partial charge in [-0.1, -0.05) is 42.5 Å². The lowest BCUT2D eigenvalue weighted by Gasteiger charge is -2.33. The van der Waals surface area contributed by atoms with Crippen LogP contribution in [0.1, 0.15) is 21.5 Å². The van der Waals surface area contributed by atoms with Gasteiger partial charge in [-0.2, -0.15) is 8.78 Å². The molecule has 8 nitrogen and oxygen atoms in total.